The molecule has 0 bridgehead atoms. The molecule has 1 saturated heterocycles. The molecular formula is C24H30N4O3. The molecule has 1 spiro atoms. The van der Waals surface area contributed by atoms with Crippen LogP contribution in [0.15, 0.2) is 42.6 Å². The van der Waals surface area contributed by atoms with E-state index in [0.717, 1.165) is 42.5 Å². The molecule has 1 aromatic carbocycles. The van der Waals surface area contributed by atoms with Crippen molar-refractivity contribution in [3.63, 3.8) is 0 Å². The van der Waals surface area contributed by atoms with Gasteiger partial charge in [0.25, 0.3) is 0 Å². The van der Waals surface area contributed by atoms with Crippen LogP contribution in [0.1, 0.15) is 43.2 Å². The van der Waals surface area contributed by atoms with Gasteiger partial charge in [-0.2, -0.15) is 0 Å². The molecular weight excluding hydrogens is 392 g/mol. The van der Waals surface area contributed by atoms with Gasteiger partial charge in [-0.05, 0) is 37.0 Å². The van der Waals surface area contributed by atoms with Crippen molar-refractivity contribution < 1.29 is 14.3 Å². The normalized spacial score (nSPS) is 17.8. The van der Waals surface area contributed by atoms with Gasteiger partial charge in [0.15, 0.2) is 0 Å². The van der Waals surface area contributed by atoms with Gasteiger partial charge in [-0.1, -0.05) is 43.5 Å². The molecule has 164 valence electrons. The van der Waals surface area contributed by atoms with Crippen LogP contribution >= 0.6 is 0 Å². The number of methoxy groups -OCH3 is 1. The molecule has 2 fully saturated rings. The monoisotopic (exact) mass is 422 g/mol. The zero-order chi connectivity index (χ0) is 21.8. The molecule has 0 unspecified atom stereocenters. The van der Waals surface area contributed by atoms with Crippen molar-refractivity contribution >= 4 is 17.6 Å². The van der Waals surface area contributed by atoms with Gasteiger partial charge in [0.1, 0.15) is 6.54 Å². The molecule has 1 aliphatic heterocycles. The van der Waals surface area contributed by atoms with Gasteiger partial charge in [0.2, 0.25) is 11.8 Å². The van der Waals surface area contributed by atoms with Gasteiger partial charge in [-0.25, -0.2) is 9.78 Å². The lowest BCUT2D eigenvalue weighted by Gasteiger charge is -2.39. The Morgan fingerprint density at radius 2 is 1.94 bits per heavy atom. The molecule has 1 aliphatic carbocycles. The summed E-state index contributed by atoms with van der Waals surface area (Å²) in [5.74, 6) is 0.381. The van der Waals surface area contributed by atoms with E-state index in [1.54, 1.807) is 29.2 Å². The maximum Gasteiger partial charge on any atom is 0.325 e. The number of nitrogens with one attached hydrogen (secondary N) is 1. The molecule has 3 amide bonds. The van der Waals surface area contributed by atoms with Crippen molar-refractivity contribution in [3.8, 4) is 5.88 Å². The molecule has 1 saturated carbocycles. The van der Waals surface area contributed by atoms with E-state index in [2.05, 4.69) is 10.3 Å². The second-order valence-corrected chi connectivity index (χ2v) is 8.50. The molecule has 0 atom stereocenters. The predicted molar refractivity (Wildman–Crippen MR) is 119 cm³/mol. The van der Waals surface area contributed by atoms with E-state index in [9.17, 15) is 9.59 Å². The van der Waals surface area contributed by atoms with Crippen molar-refractivity contribution in [1.82, 2.24) is 15.2 Å². The summed E-state index contributed by atoms with van der Waals surface area (Å²) in [5, 5.41) is 3.00. The van der Waals surface area contributed by atoms with Gasteiger partial charge in [0, 0.05) is 12.6 Å². The lowest BCUT2D eigenvalue weighted by atomic mass is 9.81. The van der Waals surface area contributed by atoms with E-state index in [0.29, 0.717) is 19.0 Å². The molecule has 4 rings (SSSR count). The molecule has 7 nitrogen and oxygen atoms in total. The number of urea groups is 1. The summed E-state index contributed by atoms with van der Waals surface area (Å²) < 4.78 is 5.14. The zero-order valence-corrected chi connectivity index (χ0v) is 18.3. The first kappa shape index (κ1) is 21.2. The van der Waals surface area contributed by atoms with E-state index >= 15 is 0 Å². The highest BCUT2D eigenvalue weighted by atomic mass is 16.5. The molecule has 1 aromatic heterocycles. The van der Waals surface area contributed by atoms with E-state index in [4.69, 9.17) is 4.74 Å². The minimum atomic E-state index is -0.296. The molecule has 0 radical (unpaired) electrons. The number of benzene rings is 1. The third-order valence-electron chi connectivity index (χ3n) is 6.55. The fraction of sp³-hybridized carbons (Fsp3) is 0.458. The summed E-state index contributed by atoms with van der Waals surface area (Å²) in [6.07, 6.45) is 6.82. The average Bonchev–Trinajstić information content (AvgIpc) is 3.05. The molecule has 31 heavy (non-hydrogen) atoms. The lowest BCUT2D eigenvalue weighted by molar-refractivity contribution is -0.122. The zero-order valence-electron chi connectivity index (χ0n) is 18.3. The summed E-state index contributed by atoms with van der Waals surface area (Å²) in [6, 6.07) is 11.5. The third-order valence-corrected chi connectivity index (χ3v) is 6.55. The maximum absolute atomic E-state index is 13.4. The summed E-state index contributed by atoms with van der Waals surface area (Å²) in [5.41, 5.74) is 2.66. The predicted octanol–water partition coefficient (Wildman–Crippen LogP) is 3.66. The first-order valence-electron chi connectivity index (χ1n) is 10.9. The highest BCUT2D eigenvalue weighted by Crippen LogP contribution is 2.40. The number of hydrogen-bond acceptors (Lipinski definition) is 4. The minimum Gasteiger partial charge on any atom is -0.481 e. The number of carbonyl (C=O) groups excluding carboxylic acids is 2. The van der Waals surface area contributed by atoms with E-state index in [1.807, 2.05) is 37.3 Å². The lowest BCUT2D eigenvalue weighted by Crippen LogP contribution is -2.52. The van der Waals surface area contributed by atoms with Gasteiger partial charge in [-0.3, -0.25) is 9.69 Å². The summed E-state index contributed by atoms with van der Waals surface area (Å²) >= 11 is 0. The number of carbonyl (C=O) groups is 2. The van der Waals surface area contributed by atoms with E-state index < -0.39 is 0 Å². The third kappa shape index (κ3) is 4.36. The number of pyridine rings is 1. The van der Waals surface area contributed by atoms with Crippen LogP contribution in [-0.4, -0.2) is 47.6 Å². The smallest absolute Gasteiger partial charge is 0.325 e. The van der Waals surface area contributed by atoms with Crippen molar-refractivity contribution in [2.45, 2.75) is 51.1 Å². The molecule has 7 heteroatoms. The topological polar surface area (TPSA) is 74.8 Å². The number of amides is 3. The Morgan fingerprint density at radius 3 is 2.61 bits per heavy atom. The second kappa shape index (κ2) is 8.96. The number of aryl methyl sites for hydroxylation is 1. The van der Waals surface area contributed by atoms with Gasteiger partial charge >= 0.3 is 6.03 Å². The summed E-state index contributed by atoms with van der Waals surface area (Å²) in [7, 11) is 1.57. The molecule has 2 aliphatic rings. The Bertz CT molecular complexity index is 938. The van der Waals surface area contributed by atoms with Crippen LogP contribution in [-0.2, 0) is 11.3 Å². The number of anilines is 1. The highest BCUT2D eigenvalue weighted by Gasteiger charge is 2.50. The number of ether oxygens (including phenoxy) is 1. The highest BCUT2D eigenvalue weighted by molar-refractivity contribution is 5.97. The largest absolute Gasteiger partial charge is 0.481 e. The Labute approximate surface area is 183 Å². The van der Waals surface area contributed by atoms with Crippen LogP contribution in [0.4, 0.5) is 10.5 Å². The maximum atomic E-state index is 13.4. The minimum absolute atomic E-state index is 0.0742. The Morgan fingerprint density at radius 1 is 1.16 bits per heavy atom. The fourth-order valence-electron chi connectivity index (χ4n) is 4.73. The number of hydrogen-bond donors (Lipinski definition) is 1. The number of rotatable bonds is 6. The van der Waals surface area contributed by atoms with Gasteiger partial charge in [-0.15, -0.1) is 0 Å². The fourth-order valence-corrected chi connectivity index (χ4v) is 4.73. The van der Waals surface area contributed by atoms with Crippen molar-refractivity contribution in [2.24, 2.45) is 0 Å². The average molecular weight is 423 g/mol. The van der Waals surface area contributed by atoms with Crippen LogP contribution in [0.25, 0.3) is 0 Å². The van der Waals surface area contributed by atoms with Crippen LogP contribution in [0, 0.1) is 6.92 Å². The van der Waals surface area contributed by atoms with E-state index in [1.165, 1.54) is 6.42 Å². The van der Waals surface area contributed by atoms with Gasteiger partial charge in [0.05, 0.1) is 31.1 Å². The quantitative estimate of drug-likeness (QED) is 0.771. The first-order chi connectivity index (χ1) is 15.0. The summed E-state index contributed by atoms with van der Waals surface area (Å²) in [4.78, 5) is 34.0. The van der Waals surface area contributed by atoms with Gasteiger partial charge < -0.3 is 15.0 Å². The molecule has 2 heterocycles. The van der Waals surface area contributed by atoms with Crippen molar-refractivity contribution in [1.29, 1.82) is 0 Å². The van der Waals surface area contributed by atoms with Crippen LogP contribution in [0.5, 0.6) is 5.88 Å². The first-order valence-corrected chi connectivity index (χ1v) is 10.9. The van der Waals surface area contributed by atoms with Crippen LogP contribution in [0.3, 0.4) is 0 Å². The van der Waals surface area contributed by atoms with Crippen LogP contribution < -0.4 is 15.0 Å². The van der Waals surface area contributed by atoms with Crippen molar-refractivity contribution in [3.05, 3.63) is 53.7 Å². The Kier molecular flexibility index (Phi) is 6.11. The number of nitrogens with zero attached hydrogens (tertiary/aromatic N) is 3. The summed E-state index contributed by atoms with van der Waals surface area (Å²) in [6.45, 7) is 3.16. The molecule has 1 N–H and O–H groups in total. The van der Waals surface area contributed by atoms with E-state index in [-0.39, 0.29) is 24.0 Å². The van der Waals surface area contributed by atoms with Crippen LogP contribution in [0.2, 0.25) is 0 Å². The standard InChI is InChI=1S/C24H30N4O3/c1-18-8-4-5-9-19(18)14-25-21(29)16-28-23(30)27(17-24(28)12-6-3-7-13-24)20-10-11-22(31-2)26-15-20/h4-5,8-11,15H,3,6-7,12-14,16-17H2,1-2H3,(H,25,29). The molecule has 2 aromatic rings. The SMILES string of the molecule is COc1ccc(N2CC3(CCCCC3)N(CC(=O)NCc3ccccc3C)C2=O)cn1. The number of aromatic nitrogens is 1. The second-order valence-electron chi connectivity index (χ2n) is 8.50. The Hall–Kier alpha value is -3.09. The van der Waals surface area contributed by atoms with Crippen molar-refractivity contribution in [2.75, 3.05) is 25.1 Å². The Balaban J connectivity index is 1.50.